The summed E-state index contributed by atoms with van der Waals surface area (Å²) >= 11 is 1.46. The zero-order chi connectivity index (χ0) is 18.1. The van der Waals surface area contributed by atoms with Gasteiger partial charge in [0.25, 0.3) is 5.91 Å². The van der Waals surface area contributed by atoms with Gasteiger partial charge in [-0.3, -0.25) is 4.79 Å². The van der Waals surface area contributed by atoms with Gasteiger partial charge in [-0.2, -0.15) is 0 Å². The Morgan fingerprint density at radius 3 is 2.58 bits per heavy atom. The highest BCUT2D eigenvalue weighted by Crippen LogP contribution is 2.39. The Balaban J connectivity index is 1.70. The molecule has 7 heteroatoms. The first-order valence-corrected chi connectivity index (χ1v) is 9.20. The van der Waals surface area contributed by atoms with Crippen LogP contribution in [0.25, 0.3) is 11.0 Å². The lowest BCUT2D eigenvalue weighted by Crippen LogP contribution is -2.21. The van der Waals surface area contributed by atoms with E-state index in [2.05, 4.69) is 5.32 Å². The summed E-state index contributed by atoms with van der Waals surface area (Å²) in [6.45, 7) is 0.942. The number of fused-ring (bicyclic) bond motifs is 2. The van der Waals surface area contributed by atoms with E-state index in [-0.39, 0.29) is 5.56 Å². The van der Waals surface area contributed by atoms with Crippen molar-refractivity contribution < 1.29 is 18.7 Å². The van der Waals surface area contributed by atoms with Crippen molar-refractivity contribution in [2.75, 3.05) is 24.8 Å². The van der Waals surface area contributed by atoms with Gasteiger partial charge in [0.15, 0.2) is 11.5 Å². The molecule has 0 unspecified atom stereocenters. The van der Waals surface area contributed by atoms with Gasteiger partial charge in [-0.25, -0.2) is 4.79 Å². The third kappa shape index (κ3) is 3.01. The molecule has 0 saturated heterocycles. The van der Waals surface area contributed by atoms with E-state index in [1.165, 1.54) is 17.8 Å². The number of carbonyl (C=O) groups is 1. The second kappa shape index (κ2) is 6.76. The summed E-state index contributed by atoms with van der Waals surface area (Å²) in [6, 6.07) is 12.1. The van der Waals surface area contributed by atoms with E-state index in [1.54, 1.807) is 24.3 Å². The van der Waals surface area contributed by atoms with Crippen LogP contribution in [-0.2, 0) is 0 Å². The lowest BCUT2D eigenvalue weighted by atomic mass is 10.1. The van der Waals surface area contributed by atoms with Crippen LogP contribution >= 0.6 is 11.8 Å². The lowest BCUT2D eigenvalue weighted by molar-refractivity contribution is 0.102. The number of nitrogens with one attached hydrogen (secondary N) is 1. The smallest absolute Gasteiger partial charge is 0.349 e. The summed E-state index contributed by atoms with van der Waals surface area (Å²) in [4.78, 5) is 25.6. The van der Waals surface area contributed by atoms with Gasteiger partial charge in [-0.15, -0.1) is 11.8 Å². The minimum Gasteiger partial charge on any atom is -0.486 e. The molecule has 0 spiro atoms. The number of para-hydroxylation sites is 1. The highest BCUT2D eigenvalue weighted by atomic mass is 32.2. The molecule has 0 atom stereocenters. The SMILES string of the molecule is CSc1cc2c(cc1NC(=O)c1cc3ccccc3oc1=O)OCCO2. The van der Waals surface area contributed by atoms with Crippen molar-refractivity contribution in [1.82, 2.24) is 0 Å². The number of anilines is 1. The number of hydrogen-bond acceptors (Lipinski definition) is 6. The number of hydrogen-bond donors (Lipinski definition) is 1. The summed E-state index contributed by atoms with van der Waals surface area (Å²) in [5.41, 5.74) is 0.271. The van der Waals surface area contributed by atoms with Gasteiger partial charge in [0.05, 0.1) is 5.69 Å². The van der Waals surface area contributed by atoms with Crippen LogP contribution in [0.2, 0.25) is 0 Å². The van der Waals surface area contributed by atoms with E-state index in [0.29, 0.717) is 41.4 Å². The zero-order valence-corrected chi connectivity index (χ0v) is 14.7. The summed E-state index contributed by atoms with van der Waals surface area (Å²) < 4.78 is 16.4. The monoisotopic (exact) mass is 369 g/mol. The molecule has 4 rings (SSSR count). The summed E-state index contributed by atoms with van der Waals surface area (Å²) in [7, 11) is 0. The predicted octanol–water partition coefficient (Wildman–Crippen LogP) is 3.54. The van der Waals surface area contributed by atoms with Crippen molar-refractivity contribution in [2.45, 2.75) is 4.90 Å². The molecule has 1 amide bonds. The number of ether oxygens (including phenoxy) is 2. The molecule has 1 aromatic heterocycles. The molecule has 1 aliphatic heterocycles. The number of rotatable bonds is 3. The maximum atomic E-state index is 12.7. The van der Waals surface area contributed by atoms with Crippen molar-refractivity contribution in [1.29, 1.82) is 0 Å². The minimum atomic E-state index is -0.676. The van der Waals surface area contributed by atoms with Gasteiger partial charge in [-0.1, -0.05) is 18.2 Å². The van der Waals surface area contributed by atoms with E-state index < -0.39 is 11.5 Å². The molecule has 6 nitrogen and oxygen atoms in total. The Bertz CT molecular complexity index is 1060. The first kappa shape index (κ1) is 16.5. The number of amides is 1. The van der Waals surface area contributed by atoms with E-state index in [0.717, 1.165) is 4.90 Å². The topological polar surface area (TPSA) is 77.8 Å². The fraction of sp³-hybridized carbons (Fsp3) is 0.158. The molecule has 3 aromatic rings. The van der Waals surface area contributed by atoms with Crippen LogP contribution in [0, 0.1) is 0 Å². The molecule has 26 heavy (non-hydrogen) atoms. The van der Waals surface area contributed by atoms with Gasteiger partial charge >= 0.3 is 5.63 Å². The van der Waals surface area contributed by atoms with Gasteiger partial charge in [-0.05, 0) is 24.5 Å². The average molecular weight is 369 g/mol. The summed E-state index contributed by atoms with van der Waals surface area (Å²) in [5, 5.41) is 3.46. The number of thioether (sulfide) groups is 1. The fourth-order valence-corrected chi connectivity index (χ4v) is 3.30. The van der Waals surface area contributed by atoms with Gasteiger partial charge < -0.3 is 19.2 Å². The van der Waals surface area contributed by atoms with Crippen molar-refractivity contribution in [2.24, 2.45) is 0 Å². The van der Waals surface area contributed by atoms with E-state index in [4.69, 9.17) is 13.9 Å². The highest BCUT2D eigenvalue weighted by Gasteiger charge is 2.19. The molecule has 1 N–H and O–H groups in total. The Morgan fingerprint density at radius 2 is 1.81 bits per heavy atom. The Kier molecular flexibility index (Phi) is 4.30. The fourth-order valence-electron chi connectivity index (χ4n) is 2.75. The van der Waals surface area contributed by atoms with Crippen molar-refractivity contribution >= 4 is 34.3 Å². The lowest BCUT2D eigenvalue weighted by Gasteiger charge is -2.20. The normalized spacial score (nSPS) is 12.8. The predicted molar refractivity (Wildman–Crippen MR) is 99.7 cm³/mol. The zero-order valence-electron chi connectivity index (χ0n) is 13.9. The van der Waals surface area contributed by atoms with Crippen LogP contribution in [-0.4, -0.2) is 25.4 Å². The molecular weight excluding hydrogens is 354 g/mol. The molecule has 2 heterocycles. The standard InChI is InChI=1S/C19H15NO5S/c1-26-17-10-16-15(23-6-7-24-16)9-13(17)20-18(21)12-8-11-4-2-3-5-14(11)25-19(12)22/h2-5,8-10H,6-7H2,1H3,(H,20,21). The second-order valence-electron chi connectivity index (χ2n) is 5.64. The van der Waals surface area contributed by atoms with E-state index >= 15 is 0 Å². The van der Waals surface area contributed by atoms with Crippen molar-refractivity contribution in [3.63, 3.8) is 0 Å². The molecule has 2 aromatic carbocycles. The Hall–Kier alpha value is -2.93. The van der Waals surface area contributed by atoms with Gasteiger partial charge in [0.2, 0.25) is 0 Å². The largest absolute Gasteiger partial charge is 0.486 e. The molecule has 132 valence electrons. The summed E-state index contributed by atoms with van der Waals surface area (Å²) in [5.74, 6) is 0.676. The third-order valence-corrected chi connectivity index (χ3v) is 4.78. The second-order valence-corrected chi connectivity index (χ2v) is 6.48. The average Bonchev–Trinajstić information content (AvgIpc) is 2.66. The molecule has 0 bridgehead atoms. The molecule has 0 radical (unpaired) electrons. The van der Waals surface area contributed by atoms with Crippen LogP contribution in [0.5, 0.6) is 11.5 Å². The molecular formula is C19H15NO5S. The quantitative estimate of drug-likeness (QED) is 0.562. The summed E-state index contributed by atoms with van der Waals surface area (Å²) in [6.07, 6.45) is 1.89. The Labute approximate surface area is 153 Å². The maximum absolute atomic E-state index is 12.7. The van der Waals surface area contributed by atoms with Gasteiger partial charge in [0, 0.05) is 16.3 Å². The van der Waals surface area contributed by atoms with E-state index in [9.17, 15) is 9.59 Å². The van der Waals surface area contributed by atoms with Crippen LogP contribution in [0.15, 0.2) is 56.6 Å². The van der Waals surface area contributed by atoms with E-state index in [1.807, 2.05) is 18.4 Å². The number of benzene rings is 2. The minimum absolute atomic E-state index is 0.0503. The first-order chi connectivity index (χ1) is 12.7. The third-order valence-electron chi connectivity index (χ3n) is 4.00. The van der Waals surface area contributed by atoms with Crippen molar-refractivity contribution in [3.8, 4) is 11.5 Å². The van der Waals surface area contributed by atoms with Crippen LogP contribution in [0.1, 0.15) is 10.4 Å². The first-order valence-electron chi connectivity index (χ1n) is 7.97. The van der Waals surface area contributed by atoms with Crippen LogP contribution in [0.4, 0.5) is 5.69 Å². The molecule has 1 aliphatic rings. The maximum Gasteiger partial charge on any atom is 0.349 e. The highest BCUT2D eigenvalue weighted by molar-refractivity contribution is 7.98. The van der Waals surface area contributed by atoms with Gasteiger partial charge in [0.1, 0.15) is 24.4 Å². The van der Waals surface area contributed by atoms with Crippen LogP contribution in [0.3, 0.4) is 0 Å². The molecule has 0 saturated carbocycles. The number of carbonyl (C=O) groups excluding carboxylic acids is 1. The van der Waals surface area contributed by atoms with Crippen molar-refractivity contribution in [3.05, 3.63) is 58.4 Å². The molecule has 0 fully saturated rings. The molecule has 0 aliphatic carbocycles. The Morgan fingerprint density at radius 1 is 1.08 bits per heavy atom. The van der Waals surface area contributed by atoms with Crippen LogP contribution < -0.4 is 20.4 Å².